The standard InChI is InChI=1S/C11H21N3O4/c1-2-14-5-3-4-8(7-14)13-11(18)12-6-9(15)10(16)17/h8-9,15H,2-7H2,1H3,(H,16,17)(H2,12,13,18). The van der Waals surface area contributed by atoms with Crippen molar-refractivity contribution < 1.29 is 19.8 Å². The molecule has 0 aromatic rings. The first-order valence-corrected chi connectivity index (χ1v) is 6.20. The molecule has 104 valence electrons. The van der Waals surface area contributed by atoms with Crippen molar-refractivity contribution in [2.24, 2.45) is 0 Å². The van der Waals surface area contributed by atoms with Crippen LogP contribution in [0.2, 0.25) is 0 Å². The van der Waals surface area contributed by atoms with Crippen molar-refractivity contribution in [3.05, 3.63) is 0 Å². The molecule has 0 bridgehead atoms. The zero-order valence-electron chi connectivity index (χ0n) is 10.6. The predicted octanol–water partition coefficient (Wildman–Crippen LogP) is -0.785. The van der Waals surface area contributed by atoms with Gasteiger partial charge in [0.1, 0.15) is 0 Å². The number of aliphatic hydroxyl groups is 1. The Hall–Kier alpha value is -1.34. The maximum atomic E-state index is 11.5. The number of amides is 2. The molecule has 4 N–H and O–H groups in total. The second-order valence-corrected chi connectivity index (χ2v) is 4.44. The lowest BCUT2D eigenvalue weighted by Crippen LogP contribution is -2.51. The number of urea groups is 1. The maximum absolute atomic E-state index is 11.5. The van der Waals surface area contributed by atoms with Gasteiger partial charge in [0.2, 0.25) is 0 Å². The topological polar surface area (TPSA) is 102 Å². The summed E-state index contributed by atoms with van der Waals surface area (Å²) in [6, 6.07) is -0.348. The molecule has 2 atom stereocenters. The third kappa shape index (κ3) is 4.89. The van der Waals surface area contributed by atoms with Crippen LogP contribution in [0.15, 0.2) is 0 Å². The lowest BCUT2D eigenvalue weighted by Gasteiger charge is -2.32. The minimum atomic E-state index is -1.56. The van der Waals surface area contributed by atoms with E-state index in [0.29, 0.717) is 0 Å². The smallest absolute Gasteiger partial charge is 0.334 e. The number of nitrogens with one attached hydrogen (secondary N) is 2. The minimum absolute atomic E-state index is 0.0840. The molecular formula is C11H21N3O4. The Labute approximate surface area is 106 Å². The van der Waals surface area contributed by atoms with Gasteiger partial charge in [-0.05, 0) is 25.9 Å². The van der Waals surface area contributed by atoms with Gasteiger partial charge < -0.3 is 25.7 Å². The second kappa shape index (κ2) is 7.17. The average molecular weight is 259 g/mol. The zero-order chi connectivity index (χ0) is 13.5. The number of piperidine rings is 1. The molecule has 0 spiro atoms. The SMILES string of the molecule is CCN1CCCC(NC(=O)NCC(O)C(=O)O)C1. The summed E-state index contributed by atoms with van der Waals surface area (Å²) in [6.07, 6.45) is 0.399. The lowest BCUT2D eigenvalue weighted by molar-refractivity contribution is -0.146. The van der Waals surface area contributed by atoms with E-state index < -0.39 is 18.1 Å². The highest BCUT2D eigenvalue weighted by molar-refractivity contribution is 5.76. The van der Waals surface area contributed by atoms with Crippen molar-refractivity contribution in [2.45, 2.75) is 31.9 Å². The van der Waals surface area contributed by atoms with Crippen LogP contribution in [0.25, 0.3) is 0 Å². The Morgan fingerprint density at radius 2 is 2.22 bits per heavy atom. The van der Waals surface area contributed by atoms with Crippen LogP contribution in [-0.2, 0) is 4.79 Å². The molecular weight excluding hydrogens is 238 g/mol. The maximum Gasteiger partial charge on any atom is 0.334 e. The number of aliphatic carboxylic acids is 1. The third-order valence-electron chi connectivity index (χ3n) is 3.03. The minimum Gasteiger partial charge on any atom is -0.479 e. The van der Waals surface area contributed by atoms with Gasteiger partial charge in [-0.1, -0.05) is 6.92 Å². The van der Waals surface area contributed by atoms with Crippen LogP contribution >= 0.6 is 0 Å². The molecule has 1 rings (SSSR count). The Kier molecular flexibility index (Phi) is 5.87. The average Bonchev–Trinajstić information content (AvgIpc) is 2.36. The summed E-state index contributed by atoms with van der Waals surface area (Å²) in [5.74, 6) is -1.34. The molecule has 7 heteroatoms. The second-order valence-electron chi connectivity index (χ2n) is 4.44. The van der Waals surface area contributed by atoms with Crippen LogP contribution in [0, 0.1) is 0 Å². The lowest BCUT2D eigenvalue weighted by atomic mass is 10.1. The molecule has 1 aliphatic heterocycles. The molecule has 1 aliphatic rings. The van der Waals surface area contributed by atoms with E-state index in [0.717, 1.165) is 32.5 Å². The Bertz CT molecular complexity index is 298. The monoisotopic (exact) mass is 259 g/mol. The van der Waals surface area contributed by atoms with Gasteiger partial charge in [0, 0.05) is 12.6 Å². The van der Waals surface area contributed by atoms with E-state index in [-0.39, 0.29) is 12.6 Å². The molecule has 18 heavy (non-hydrogen) atoms. The zero-order valence-corrected chi connectivity index (χ0v) is 10.6. The third-order valence-corrected chi connectivity index (χ3v) is 3.03. The Balaban J connectivity index is 2.25. The molecule has 1 heterocycles. The molecule has 2 amide bonds. The van der Waals surface area contributed by atoms with Crippen LogP contribution < -0.4 is 10.6 Å². The van der Waals surface area contributed by atoms with E-state index in [1.54, 1.807) is 0 Å². The molecule has 0 radical (unpaired) electrons. The van der Waals surface area contributed by atoms with Gasteiger partial charge in [-0.25, -0.2) is 9.59 Å². The fourth-order valence-corrected chi connectivity index (χ4v) is 1.97. The number of hydrogen-bond donors (Lipinski definition) is 4. The molecule has 0 aliphatic carbocycles. The first-order chi connectivity index (χ1) is 8.52. The van der Waals surface area contributed by atoms with Crippen molar-refractivity contribution in [3.63, 3.8) is 0 Å². The highest BCUT2D eigenvalue weighted by Crippen LogP contribution is 2.09. The van der Waals surface area contributed by atoms with E-state index in [9.17, 15) is 9.59 Å². The van der Waals surface area contributed by atoms with Gasteiger partial charge in [0.05, 0.1) is 6.54 Å². The van der Waals surface area contributed by atoms with Crippen molar-refractivity contribution in [1.82, 2.24) is 15.5 Å². The van der Waals surface area contributed by atoms with Crippen LogP contribution in [0.4, 0.5) is 4.79 Å². The Morgan fingerprint density at radius 3 is 2.83 bits per heavy atom. The summed E-state index contributed by atoms with van der Waals surface area (Å²) in [7, 11) is 0. The number of carboxylic acids is 1. The first kappa shape index (κ1) is 14.7. The molecule has 1 fully saturated rings. The predicted molar refractivity (Wildman–Crippen MR) is 65.3 cm³/mol. The number of likely N-dealkylation sites (tertiary alicyclic amines) is 1. The molecule has 1 saturated heterocycles. The van der Waals surface area contributed by atoms with Crippen LogP contribution in [-0.4, -0.2) is 65.4 Å². The number of carbonyl (C=O) groups excluding carboxylic acids is 1. The van der Waals surface area contributed by atoms with Crippen LogP contribution in [0.1, 0.15) is 19.8 Å². The first-order valence-electron chi connectivity index (χ1n) is 6.20. The summed E-state index contributed by atoms with van der Waals surface area (Å²) in [5.41, 5.74) is 0. The summed E-state index contributed by atoms with van der Waals surface area (Å²) < 4.78 is 0. The van der Waals surface area contributed by atoms with Crippen LogP contribution in [0.5, 0.6) is 0 Å². The van der Waals surface area contributed by atoms with Gasteiger partial charge in [0.25, 0.3) is 0 Å². The van der Waals surface area contributed by atoms with Gasteiger partial charge in [0.15, 0.2) is 6.10 Å². The summed E-state index contributed by atoms with van der Waals surface area (Å²) >= 11 is 0. The number of carbonyl (C=O) groups is 2. The van der Waals surface area contributed by atoms with Crippen molar-refractivity contribution in [2.75, 3.05) is 26.2 Å². The molecule has 2 unspecified atom stereocenters. The normalized spacial score (nSPS) is 22.2. The van der Waals surface area contributed by atoms with E-state index in [1.807, 2.05) is 0 Å². The number of aliphatic hydroxyl groups excluding tert-OH is 1. The summed E-state index contributed by atoms with van der Waals surface area (Å²) in [4.78, 5) is 24.1. The highest BCUT2D eigenvalue weighted by atomic mass is 16.4. The molecule has 0 saturated carbocycles. The molecule has 7 nitrogen and oxygen atoms in total. The number of hydrogen-bond acceptors (Lipinski definition) is 4. The van der Waals surface area contributed by atoms with E-state index in [1.165, 1.54) is 0 Å². The van der Waals surface area contributed by atoms with Gasteiger partial charge in [-0.3, -0.25) is 0 Å². The van der Waals surface area contributed by atoms with Gasteiger partial charge in [-0.2, -0.15) is 0 Å². The highest BCUT2D eigenvalue weighted by Gasteiger charge is 2.21. The van der Waals surface area contributed by atoms with Crippen molar-refractivity contribution in [3.8, 4) is 0 Å². The van der Waals surface area contributed by atoms with E-state index in [4.69, 9.17) is 10.2 Å². The van der Waals surface area contributed by atoms with Crippen LogP contribution in [0.3, 0.4) is 0 Å². The molecule has 0 aromatic heterocycles. The van der Waals surface area contributed by atoms with Crippen molar-refractivity contribution in [1.29, 1.82) is 0 Å². The fraction of sp³-hybridized carbons (Fsp3) is 0.818. The van der Waals surface area contributed by atoms with E-state index in [2.05, 4.69) is 22.5 Å². The number of carboxylic acid groups (broad SMARTS) is 1. The summed E-state index contributed by atoms with van der Waals surface area (Å²) in [5, 5.41) is 22.6. The van der Waals surface area contributed by atoms with Gasteiger partial charge in [-0.15, -0.1) is 0 Å². The number of likely N-dealkylation sites (N-methyl/N-ethyl adjacent to an activating group) is 1. The van der Waals surface area contributed by atoms with Crippen molar-refractivity contribution >= 4 is 12.0 Å². The number of rotatable bonds is 5. The summed E-state index contributed by atoms with van der Waals surface area (Å²) in [6.45, 7) is 4.61. The molecule has 0 aromatic carbocycles. The number of nitrogens with zero attached hydrogens (tertiary/aromatic N) is 1. The fourth-order valence-electron chi connectivity index (χ4n) is 1.97. The Morgan fingerprint density at radius 1 is 1.50 bits per heavy atom. The largest absolute Gasteiger partial charge is 0.479 e. The van der Waals surface area contributed by atoms with Gasteiger partial charge >= 0.3 is 12.0 Å². The van der Waals surface area contributed by atoms with E-state index >= 15 is 0 Å². The quantitative estimate of drug-likeness (QED) is 0.518.